The van der Waals surface area contributed by atoms with E-state index in [-0.39, 0.29) is 11.4 Å². The molecule has 0 rings (SSSR count). The second-order valence-electron chi connectivity index (χ2n) is 4.66. The maximum atomic E-state index is 11.7. The molecule has 3 nitrogen and oxygen atoms in total. The van der Waals surface area contributed by atoms with Gasteiger partial charge in [-0.2, -0.15) is 0 Å². The Balaban J connectivity index is 3.97. The van der Waals surface area contributed by atoms with Gasteiger partial charge in [-0.3, -0.25) is 4.79 Å². The zero-order chi connectivity index (χ0) is 12.4. The minimum absolute atomic E-state index is 0.0772. The third kappa shape index (κ3) is 5.50. The van der Waals surface area contributed by atoms with Gasteiger partial charge in [0.25, 0.3) is 0 Å². The van der Waals surface area contributed by atoms with Crippen molar-refractivity contribution in [1.29, 1.82) is 0 Å². The highest BCUT2D eigenvalue weighted by molar-refractivity contribution is 5.76. The molecule has 0 amide bonds. The number of nitrogens with one attached hydrogen (secondary N) is 1. The monoisotopic (exact) mass is 229 g/mol. The van der Waals surface area contributed by atoms with E-state index in [4.69, 9.17) is 4.74 Å². The smallest absolute Gasteiger partial charge is 0.311 e. The number of methoxy groups -OCH3 is 1. The van der Waals surface area contributed by atoms with Gasteiger partial charge in [0.1, 0.15) is 0 Å². The van der Waals surface area contributed by atoms with Gasteiger partial charge in [-0.05, 0) is 39.3 Å². The van der Waals surface area contributed by atoms with E-state index < -0.39 is 0 Å². The largest absolute Gasteiger partial charge is 0.469 e. The Morgan fingerprint density at radius 1 is 1.19 bits per heavy atom. The van der Waals surface area contributed by atoms with E-state index in [1.165, 1.54) is 20.0 Å². The van der Waals surface area contributed by atoms with Gasteiger partial charge in [0, 0.05) is 0 Å². The van der Waals surface area contributed by atoms with Crippen LogP contribution in [0.2, 0.25) is 0 Å². The molecular weight excluding hydrogens is 202 g/mol. The lowest BCUT2D eigenvalue weighted by molar-refractivity contribution is -0.152. The molecule has 16 heavy (non-hydrogen) atoms. The molecule has 3 heteroatoms. The first-order chi connectivity index (χ1) is 7.60. The van der Waals surface area contributed by atoms with Gasteiger partial charge in [-0.1, -0.05) is 26.7 Å². The van der Waals surface area contributed by atoms with Gasteiger partial charge >= 0.3 is 5.97 Å². The van der Waals surface area contributed by atoms with Crippen LogP contribution in [0.15, 0.2) is 0 Å². The van der Waals surface area contributed by atoms with E-state index in [9.17, 15) is 4.79 Å². The topological polar surface area (TPSA) is 38.3 Å². The van der Waals surface area contributed by atoms with Crippen molar-refractivity contribution < 1.29 is 9.53 Å². The molecule has 1 N–H and O–H groups in total. The lowest BCUT2D eigenvalue weighted by Gasteiger charge is -2.26. The fraction of sp³-hybridized carbons (Fsp3) is 0.923. The third-order valence-electron chi connectivity index (χ3n) is 3.04. The lowest BCUT2D eigenvalue weighted by Crippen LogP contribution is -2.33. The van der Waals surface area contributed by atoms with Crippen molar-refractivity contribution in [3.05, 3.63) is 0 Å². The Morgan fingerprint density at radius 3 is 2.38 bits per heavy atom. The summed E-state index contributed by atoms with van der Waals surface area (Å²) in [5.74, 6) is -0.0772. The molecule has 0 aromatic carbocycles. The summed E-state index contributed by atoms with van der Waals surface area (Å²) in [5, 5.41) is 3.37. The summed E-state index contributed by atoms with van der Waals surface area (Å²) in [4.78, 5) is 11.7. The summed E-state index contributed by atoms with van der Waals surface area (Å²) in [6.07, 6.45) is 5.17. The van der Waals surface area contributed by atoms with Crippen LogP contribution in [-0.2, 0) is 9.53 Å². The van der Waals surface area contributed by atoms with E-state index in [1.807, 2.05) is 6.92 Å². The summed E-state index contributed by atoms with van der Waals surface area (Å²) in [6, 6.07) is 0. The molecule has 0 spiro atoms. The summed E-state index contributed by atoms with van der Waals surface area (Å²) in [7, 11) is 1.47. The average molecular weight is 229 g/mol. The molecule has 0 aliphatic carbocycles. The van der Waals surface area contributed by atoms with Crippen molar-refractivity contribution in [2.45, 2.75) is 52.9 Å². The van der Waals surface area contributed by atoms with Gasteiger partial charge < -0.3 is 10.1 Å². The van der Waals surface area contributed by atoms with Crippen molar-refractivity contribution >= 4 is 5.97 Å². The minimum atomic E-state index is -0.317. The summed E-state index contributed by atoms with van der Waals surface area (Å²) in [6.45, 7) is 8.22. The van der Waals surface area contributed by atoms with Gasteiger partial charge in [0.05, 0.1) is 12.5 Å². The van der Waals surface area contributed by atoms with Crippen LogP contribution in [0.1, 0.15) is 52.9 Å². The number of hydrogen-bond acceptors (Lipinski definition) is 3. The maximum Gasteiger partial charge on any atom is 0.311 e. The number of hydrogen-bond donors (Lipinski definition) is 1. The van der Waals surface area contributed by atoms with Crippen molar-refractivity contribution in [1.82, 2.24) is 5.32 Å². The molecule has 96 valence electrons. The lowest BCUT2D eigenvalue weighted by atomic mass is 9.82. The molecule has 0 saturated heterocycles. The highest BCUT2D eigenvalue weighted by Crippen LogP contribution is 2.28. The Morgan fingerprint density at radius 2 is 1.88 bits per heavy atom. The SMILES string of the molecule is CCCCNCCC(C)(CCC)C(=O)OC. The van der Waals surface area contributed by atoms with E-state index in [0.29, 0.717) is 0 Å². The maximum absolute atomic E-state index is 11.7. The van der Waals surface area contributed by atoms with Crippen molar-refractivity contribution in [3.63, 3.8) is 0 Å². The first kappa shape index (κ1) is 15.4. The summed E-state index contributed by atoms with van der Waals surface area (Å²) >= 11 is 0. The normalized spacial score (nSPS) is 14.5. The zero-order valence-electron chi connectivity index (χ0n) is 11.3. The van der Waals surface area contributed by atoms with Crippen LogP contribution in [0, 0.1) is 5.41 Å². The van der Waals surface area contributed by atoms with Gasteiger partial charge in [0.15, 0.2) is 0 Å². The van der Waals surface area contributed by atoms with E-state index in [0.717, 1.165) is 32.4 Å². The van der Waals surface area contributed by atoms with E-state index in [2.05, 4.69) is 19.2 Å². The van der Waals surface area contributed by atoms with Crippen LogP contribution in [0.25, 0.3) is 0 Å². The Bertz CT molecular complexity index is 194. The number of unbranched alkanes of at least 4 members (excludes halogenated alkanes) is 1. The Labute approximate surface area is 99.9 Å². The number of carbonyl (C=O) groups excluding carboxylic acids is 1. The number of rotatable bonds is 9. The predicted molar refractivity (Wildman–Crippen MR) is 67.4 cm³/mol. The fourth-order valence-corrected chi connectivity index (χ4v) is 1.92. The second-order valence-corrected chi connectivity index (χ2v) is 4.66. The van der Waals surface area contributed by atoms with Crippen LogP contribution in [-0.4, -0.2) is 26.2 Å². The first-order valence-corrected chi connectivity index (χ1v) is 6.39. The molecule has 0 radical (unpaired) electrons. The van der Waals surface area contributed by atoms with E-state index >= 15 is 0 Å². The predicted octanol–water partition coefficient (Wildman–Crippen LogP) is 2.75. The molecule has 0 aromatic heterocycles. The molecule has 0 fully saturated rings. The van der Waals surface area contributed by atoms with Gasteiger partial charge in [0.2, 0.25) is 0 Å². The molecule has 0 aliphatic heterocycles. The molecule has 0 aromatic rings. The highest BCUT2D eigenvalue weighted by atomic mass is 16.5. The summed E-state index contributed by atoms with van der Waals surface area (Å²) in [5.41, 5.74) is -0.317. The number of carbonyl (C=O) groups is 1. The number of ether oxygens (including phenoxy) is 1. The zero-order valence-corrected chi connectivity index (χ0v) is 11.3. The molecule has 0 heterocycles. The molecule has 0 saturated carbocycles. The average Bonchev–Trinajstić information content (AvgIpc) is 2.28. The summed E-state index contributed by atoms with van der Waals surface area (Å²) < 4.78 is 4.88. The molecule has 0 aliphatic rings. The van der Waals surface area contributed by atoms with Gasteiger partial charge in [-0.15, -0.1) is 0 Å². The Kier molecular flexibility index (Phi) is 8.26. The fourth-order valence-electron chi connectivity index (χ4n) is 1.92. The molecule has 1 atom stereocenters. The van der Waals surface area contributed by atoms with Crippen LogP contribution in [0.5, 0.6) is 0 Å². The molecular formula is C13H27NO2. The second kappa shape index (κ2) is 8.57. The minimum Gasteiger partial charge on any atom is -0.469 e. The standard InChI is InChI=1S/C13H27NO2/c1-5-7-10-14-11-9-13(3,8-6-2)12(15)16-4/h14H,5-11H2,1-4H3. The van der Waals surface area contributed by atoms with Crippen LogP contribution >= 0.6 is 0 Å². The van der Waals surface area contributed by atoms with Crippen molar-refractivity contribution in [3.8, 4) is 0 Å². The third-order valence-corrected chi connectivity index (χ3v) is 3.04. The van der Waals surface area contributed by atoms with Crippen molar-refractivity contribution in [2.24, 2.45) is 5.41 Å². The highest BCUT2D eigenvalue weighted by Gasteiger charge is 2.32. The number of esters is 1. The molecule has 0 bridgehead atoms. The van der Waals surface area contributed by atoms with Crippen LogP contribution in [0.3, 0.4) is 0 Å². The van der Waals surface area contributed by atoms with Gasteiger partial charge in [-0.25, -0.2) is 0 Å². The van der Waals surface area contributed by atoms with Crippen LogP contribution < -0.4 is 5.32 Å². The van der Waals surface area contributed by atoms with E-state index in [1.54, 1.807) is 0 Å². The first-order valence-electron chi connectivity index (χ1n) is 6.39. The quantitative estimate of drug-likeness (QED) is 0.488. The van der Waals surface area contributed by atoms with Crippen LogP contribution in [0.4, 0.5) is 0 Å². The van der Waals surface area contributed by atoms with Crippen molar-refractivity contribution in [2.75, 3.05) is 20.2 Å². The molecule has 1 unspecified atom stereocenters. The Hall–Kier alpha value is -0.570.